The quantitative estimate of drug-likeness (QED) is 0.233. The van der Waals surface area contributed by atoms with E-state index in [1.807, 2.05) is 0 Å². The van der Waals surface area contributed by atoms with Gasteiger partial charge in [-0.15, -0.1) is 0 Å². The van der Waals surface area contributed by atoms with Gasteiger partial charge in [0.1, 0.15) is 5.82 Å². The highest BCUT2D eigenvalue weighted by Gasteiger charge is 2.14. The lowest BCUT2D eigenvalue weighted by atomic mass is 10.0. The third-order valence-corrected chi connectivity index (χ3v) is 4.25. The standard InChI is InChI=1S/C23H15ClFNO3/c1-28-22-11-15(10-18(14-26)16-4-2-6-19(24)12-16)8-9-21(22)29-23(27)17-5-3-7-20(25)13-17/h2-13H,1H3/b18-10-. The highest BCUT2D eigenvalue weighted by atomic mass is 35.5. The Morgan fingerprint density at radius 2 is 1.79 bits per heavy atom. The van der Waals surface area contributed by atoms with Gasteiger partial charge in [-0.25, -0.2) is 9.18 Å². The number of rotatable bonds is 5. The van der Waals surface area contributed by atoms with Gasteiger partial charge < -0.3 is 9.47 Å². The van der Waals surface area contributed by atoms with Crippen LogP contribution in [-0.2, 0) is 0 Å². The van der Waals surface area contributed by atoms with Gasteiger partial charge in [0.05, 0.1) is 24.3 Å². The first-order valence-corrected chi connectivity index (χ1v) is 8.91. The molecule has 0 aliphatic carbocycles. The van der Waals surface area contributed by atoms with Crippen molar-refractivity contribution in [3.63, 3.8) is 0 Å². The number of allylic oxidation sites excluding steroid dienone is 1. The molecule has 0 saturated heterocycles. The first-order chi connectivity index (χ1) is 14.0. The third-order valence-electron chi connectivity index (χ3n) is 4.02. The van der Waals surface area contributed by atoms with Crippen molar-refractivity contribution in [2.24, 2.45) is 0 Å². The molecule has 0 aromatic heterocycles. The number of carbonyl (C=O) groups is 1. The maximum absolute atomic E-state index is 13.3. The largest absolute Gasteiger partial charge is 0.493 e. The first-order valence-electron chi connectivity index (χ1n) is 8.53. The number of nitrogens with zero attached hydrogens (tertiary/aromatic N) is 1. The molecule has 0 bridgehead atoms. The Morgan fingerprint density at radius 1 is 1.03 bits per heavy atom. The van der Waals surface area contributed by atoms with Crippen molar-refractivity contribution in [3.05, 3.63) is 94.3 Å². The fourth-order valence-electron chi connectivity index (χ4n) is 2.64. The average Bonchev–Trinajstić information content (AvgIpc) is 2.72. The van der Waals surface area contributed by atoms with Crippen LogP contribution in [-0.4, -0.2) is 13.1 Å². The van der Waals surface area contributed by atoms with Gasteiger partial charge in [-0.05, 0) is 59.7 Å². The summed E-state index contributed by atoms with van der Waals surface area (Å²) in [5.74, 6) is -0.758. The number of ether oxygens (including phenoxy) is 2. The summed E-state index contributed by atoms with van der Waals surface area (Å²) in [5, 5.41) is 10.0. The maximum Gasteiger partial charge on any atom is 0.343 e. The molecule has 0 spiro atoms. The van der Waals surface area contributed by atoms with E-state index in [1.54, 1.807) is 48.5 Å². The Hall–Kier alpha value is -3.62. The molecule has 0 aliphatic rings. The molecule has 3 aromatic rings. The number of nitriles is 1. The monoisotopic (exact) mass is 407 g/mol. The van der Waals surface area contributed by atoms with Gasteiger partial charge in [-0.2, -0.15) is 5.26 Å². The Bertz CT molecular complexity index is 1130. The van der Waals surface area contributed by atoms with Gasteiger partial charge in [-0.1, -0.05) is 35.9 Å². The maximum atomic E-state index is 13.3. The van der Waals surface area contributed by atoms with Crippen LogP contribution >= 0.6 is 11.6 Å². The molecule has 0 aliphatic heterocycles. The summed E-state index contributed by atoms with van der Waals surface area (Å²) in [7, 11) is 1.44. The smallest absolute Gasteiger partial charge is 0.343 e. The topological polar surface area (TPSA) is 59.3 Å². The molecule has 0 fully saturated rings. The summed E-state index contributed by atoms with van der Waals surface area (Å²) in [6.07, 6.45) is 1.67. The van der Waals surface area contributed by atoms with Gasteiger partial charge in [0, 0.05) is 5.02 Å². The van der Waals surface area contributed by atoms with Crippen LogP contribution in [0, 0.1) is 17.1 Å². The molecule has 0 atom stereocenters. The van der Waals surface area contributed by atoms with Crippen LogP contribution in [0.5, 0.6) is 11.5 Å². The summed E-state index contributed by atoms with van der Waals surface area (Å²) in [6, 6.07) is 19.2. The van der Waals surface area contributed by atoms with E-state index >= 15 is 0 Å². The van der Waals surface area contributed by atoms with Crippen LogP contribution < -0.4 is 9.47 Å². The Labute approximate surface area is 172 Å². The lowest BCUT2D eigenvalue weighted by molar-refractivity contribution is 0.0729. The van der Waals surface area contributed by atoms with E-state index in [0.717, 1.165) is 6.07 Å². The minimum absolute atomic E-state index is 0.0868. The van der Waals surface area contributed by atoms with Gasteiger partial charge >= 0.3 is 5.97 Å². The van der Waals surface area contributed by atoms with Crippen LogP contribution in [0.1, 0.15) is 21.5 Å². The normalized spacial score (nSPS) is 10.9. The van der Waals surface area contributed by atoms with E-state index in [9.17, 15) is 14.4 Å². The Kier molecular flexibility index (Phi) is 6.28. The van der Waals surface area contributed by atoms with Gasteiger partial charge in [0.2, 0.25) is 0 Å². The summed E-state index contributed by atoms with van der Waals surface area (Å²) >= 11 is 6.00. The fraction of sp³-hybridized carbons (Fsp3) is 0.0435. The van der Waals surface area contributed by atoms with E-state index in [-0.39, 0.29) is 11.3 Å². The van der Waals surface area contributed by atoms with Crippen molar-refractivity contribution in [1.82, 2.24) is 0 Å². The number of carbonyl (C=O) groups excluding carboxylic acids is 1. The molecule has 0 saturated carbocycles. The van der Waals surface area contributed by atoms with Crippen molar-refractivity contribution in [3.8, 4) is 17.6 Å². The van der Waals surface area contributed by atoms with Crippen molar-refractivity contribution < 1.29 is 18.7 Å². The lowest BCUT2D eigenvalue weighted by Crippen LogP contribution is -2.09. The van der Waals surface area contributed by atoms with E-state index in [2.05, 4.69) is 6.07 Å². The molecule has 4 nitrogen and oxygen atoms in total. The minimum Gasteiger partial charge on any atom is -0.493 e. The highest BCUT2D eigenvalue weighted by Crippen LogP contribution is 2.31. The fourth-order valence-corrected chi connectivity index (χ4v) is 2.83. The van der Waals surface area contributed by atoms with Crippen LogP contribution in [0.15, 0.2) is 66.7 Å². The van der Waals surface area contributed by atoms with Crippen molar-refractivity contribution in [2.75, 3.05) is 7.11 Å². The SMILES string of the molecule is COc1cc(/C=C(/C#N)c2cccc(Cl)c2)ccc1OC(=O)c1cccc(F)c1. The van der Waals surface area contributed by atoms with Gasteiger partial charge in [-0.3, -0.25) is 0 Å². The number of benzene rings is 3. The van der Waals surface area contributed by atoms with Gasteiger partial charge in [0.15, 0.2) is 11.5 Å². The van der Waals surface area contributed by atoms with Crippen molar-refractivity contribution in [1.29, 1.82) is 5.26 Å². The second-order valence-electron chi connectivity index (χ2n) is 5.99. The summed E-state index contributed by atoms with van der Waals surface area (Å²) in [5.41, 5.74) is 1.85. The molecule has 0 radical (unpaired) electrons. The average molecular weight is 408 g/mol. The molecule has 144 valence electrons. The van der Waals surface area contributed by atoms with E-state index in [0.29, 0.717) is 27.5 Å². The number of hydrogen-bond acceptors (Lipinski definition) is 4. The number of halogens is 2. The zero-order chi connectivity index (χ0) is 20.8. The highest BCUT2D eigenvalue weighted by molar-refractivity contribution is 6.30. The Morgan fingerprint density at radius 3 is 2.48 bits per heavy atom. The second kappa shape index (κ2) is 9.05. The van der Waals surface area contributed by atoms with E-state index in [1.165, 1.54) is 25.3 Å². The molecule has 0 N–H and O–H groups in total. The van der Waals surface area contributed by atoms with Crippen molar-refractivity contribution in [2.45, 2.75) is 0 Å². The molecule has 0 amide bonds. The molecule has 6 heteroatoms. The van der Waals surface area contributed by atoms with Crippen LogP contribution in [0.3, 0.4) is 0 Å². The van der Waals surface area contributed by atoms with Gasteiger partial charge in [0.25, 0.3) is 0 Å². The second-order valence-corrected chi connectivity index (χ2v) is 6.43. The third kappa shape index (κ3) is 5.01. The van der Waals surface area contributed by atoms with Crippen LogP contribution in [0.2, 0.25) is 5.02 Å². The zero-order valence-corrected chi connectivity index (χ0v) is 16.1. The minimum atomic E-state index is -0.706. The predicted octanol–water partition coefficient (Wildman–Crippen LogP) is 5.77. The molecular formula is C23H15ClFNO3. The molecule has 0 unspecified atom stereocenters. The van der Waals surface area contributed by atoms with Crippen molar-refractivity contribution >= 4 is 29.2 Å². The van der Waals surface area contributed by atoms with Crippen LogP contribution in [0.25, 0.3) is 11.6 Å². The lowest BCUT2D eigenvalue weighted by Gasteiger charge is -2.10. The molecule has 3 aromatic carbocycles. The Balaban J connectivity index is 1.88. The van der Waals surface area contributed by atoms with E-state index in [4.69, 9.17) is 21.1 Å². The van der Waals surface area contributed by atoms with E-state index < -0.39 is 11.8 Å². The molecular weight excluding hydrogens is 393 g/mol. The molecule has 29 heavy (non-hydrogen) atoms. The number of methoxy groups -OCH3 is 1. The zero-order valence-electron chi connectivity index (χ0n) is 15.4. The first kappa shape index (κ1) is 20.1. The summed E-state index contributed by atoms with van der Waals surface area (Å²) in [4.78, 5) is 12.2. The predicted molar refractivity (Wildman–Crippen MR) is 109 cm³/mol. The molecule has 0 heterocycles. The number of esters is 1. The number of hydrogen-bond donors (Lipinski definition) is 0. The molecule has 3 rings (SSSR count). The van der Waals surface area contributed by atoms with Crippen LogP contribution in [0.4, 0.5) is 4.39 Å². The summed E-state index contributed by atoms with van der Waals surface area (Å²) < 4.78 is 23.9. The summed E-state index contributed by atoms with van der Waals surface area (Å²) in [6.45, 7) is 0.